The molecule has 0 bridgehead atoms. The lowest BCUT2D eigenvalue weighted by atomic mass is 10.1. The molecule has 4 nitrogen and oxygen atoms in total. The van der Waals surface area contributed by atoms with Crippen LogP contribution >= 0.6 is 11.3 Å². The topological polar surface area (TPSA) is 63.8 Å². The summed E-state index contributed by atoms with van der Waals surface area (Å²) >= 11 is 1.65. The van der Waals surface area contributed by atoms with Crippen molar-refractivity contribution in [1.82, 2.24) is 15.4 Å². The van der Waals surface area contributed by atoms with E-state index < -0.39 is 0 Å². The molecule has 2 rings (SSSR count). The maximum Gasteiger partial charge on any atom is 0.0940 e. The number of nitrogens with one attached hydrogen (secondary N) is 1. The number of nitrogens with two attached hydrogens (primary N) is 1. The van der Waals surface area contributed by atoms with E-state index in [1.54, 1.807) is 17.5 Å². The third-order valence-electron chi connectivity index (χ3n) is 2.35. The van der Waals surface area contributed by atoms with Crippen LogP contribution in [0.2, 0.25) is 0 Å². The summed E-state index contributed by atoms with van der Waals surface area (Å²) in [5.41, 5.74) is 4.01. The van der Waals surface area contributed by atoms with Crippen molar-refractivity contribution in [3.63, 3.8) is 0 Å². The molecule has 0 aliphatic carbocycles. The molecule has 5 heteroatoms. The number of hydrogen-bond acceptors (Lipinski definition) is 5. The van der Waals surface area contributed by atoms with Crippen LogP contribution in [-0.2, 0) is 12.8 Å². The molecule has 2 aromatic rings. The molecule has 0 aliphatic rings. The largest absolute Gasteiger partial charge is 0.271 e. The minimum atomic E-state index is 0.204. The summed E-state index contributed by atoms with van der Waals surface area (Å²) in [4.78, 5) is 8.34. The van der Waals surface area contributed by atoms with Gasteiger partial charge in [-0.3, -0.25) is 16.3 Å². The molecule has 0 spiro atoms. The van der Waals surface area contributed by atoms with Crippen molar-refractivity contribution in [3.05, 3.63) is 46.7 Å². The molecule has 0 aliphatic heterocycles. The highest BCUT2D eigenvalue weighted by atomic mass is 32.1. The fourth-order valence-electron chi connectivity index (χ4n) is 1.56. The van der Waals surface area contributed by atoms with E-state index in [9.17, 15) is 0 Å². The van der Waals surface area contributed by atoms with Gasteiger partial charge in [-0.2, -0.15) is 0 Å². The van der Waals surface area contributed by atoms with Crippen LogP contribution in [0.1, 0.15) is 10.6 Å². The number of nitrogens with zero attached hydrogens (tertiary/aromatic N) is 2. The summed E-state index contributed by atoms with van der Waals surface area (Å²) in [6.45, 7) is 0. The van der Waals surface area contributed by atoms with Gasteiger partial charge in [0.05, 0.1) is 5.01 Å². The molecule has 0 saturated heterocycles. The Morgan fingerprint density at radius 3 is 2.94 bits per heavy atom. The number of pyridine rings is 1. The number of rotatable bonds is 5. The molecule has 2 aromatic heterocycles. The molecule has 16 heavy (non-hydrogen) atoms. The Hall–Kier alpha value is -1.30. The zero-order valence-corrected chi connectivity index (χ0v) is 9.65. The van der Waals surface area contributed by atoms with E-state index >= 15 is 0 Å². The minimum absolute atomic E-state index is 0.204. The Kier molecular flexibility index (Phi) is 3.98. The van der Waals surface area contributed by atoms with Crippen LogP contribution in [0.25, 0.3) is 0 Å². The minimum Gasteiger partial charge on any atom is -0.271 e. The predicted octanol–water partition coefficient (Wildman–Crippen LogP) is 1.16. The summed E-state index contributed by atoms with van der Waals surface area (Å²) < 4.78 is 0. The van der Waals surface area contributed by atoms with E-state index in [0.29, 0.717) is 0 Å². The van der Waals surface area contributed by atoms with Crippen molar-refractivity contribution in [2.75, 3.05) is 0 Å². The third kappa shape index (κ3) is 3.10. The summed E-state index contributed by atoms with van der Waals surface area (Å²) in [5, 5.41) is 3.08. The van der Waals surface area contributed by atoms with Gasteiger partial charge in [-0.1, -0.05) is 6.07 Å². The normalized spacial score (nSPS) is 12.6. The molecular formula is C11H14N4S. The molecule has 0 radical (unpaired) electrons. The first-order valence-corrected chi connectivity index (χ1v) is 6.00. The van der Waals surface area contributed by atoms with Gasteiger partial charge in [-0.15, -0.1) is 11.3 Å². The zero-order valence-electron chi connectivity index (χ0n) is 8.84. The average molecular weight is 234 g/mol. The van der Waals surface area contributed by atoms with E-state index in [1.807, 2.05) is 23.8 Å². The first kappa shape index (κ1) is 11.2. The lowest BCUT2D eigenvalue weighted by Gasteiger charge is -2.13. The van der Waals surface area contributed by atoms with Crippen LogP contribution in [0.4, 0.5) is 0 Å². The average Bonchev–Trinajstić information content (AvgIpc) is 2.82. The van der Waals surface area contributed by atoms with E-state index in [1.165, 1.54) is 5.56 Å². The van der Waals surface area contributed by atoms with Gasteiger partial charge >= 0.3 is 0 Å². The van der Waals surface area contributed by atoms with Crippen molar-refractivity contribution >= 4 is 11.3 Å². The standard InChI is InChI=1S/C11H14N4S/c12-15-10(7-11-14-4-5-16-11)6-9-2-1-3-13-8-9/h1-5,8,10,15H,6-7,12H2. The second-order valence-corrected chi connectivity index (χ2v) is 4.54. The van der Waals surface area contributed by atoms with Gasteiger partial charge < -0.3 is 0 Å². The molecule has 0 amide bonds. The number of thiazole rings is 1. The van der Waals surface area contributed by atoms with Crippen LogP contribution in [0.15, 0.2) is 36.1 Å². The fourth-order valence-corrected chi connectivity index (χ4v) is 2.26. The maximum absolute atomic E-state index is 5.54. The summed E-state index contributed by atoms with van der Waals surface area (Å²) in [5.74, 6) is 5.54. The Bertz CT molecular complexity index is 401. The Labute approximate surface area is 98.5 Å². The van der Waals surface area contributed by atoms with Gasteiger partial charge in [0.2, 0.25) is 0 Å². The van der Waals surface area contributed by atoms with Gasteiger partial charge in [0.15, 0.2) is 0 Å². The number of hydrogen-bond donors (Lipinski definition) is 2. The van der Waals surface area contributed by atoms with Crippen molar-refractivity contribution < 1.29 is 0 Å². The lowest BCUT2D eigenvalue weighted by Crippen LogP contribution is -2.38. The van der Waals surface area contributed by atoms with E-state index in [4.69, 9.17) is 5.84 Å². The van der Waals surface area contributed by atoms with Gasteiger partial charge in [0.25, 0.3) is 0 Å². The van der Waals surface area contributed by atoms with E-state index in [0.717, 1.165) is 17.8 Å². The zero-order chi connectivity index (χ0) is 11.2. The second kappa shape index (κ2) is 5.69. The quantitative estimate of drug-likeness (QED) is 0.602. The first-order chi connectivity index (χ1) is 7.88. The van der Waals surface area contributed by atoms with Crippen molar-refractivity contribution in [1.29, 1.82) is 0 Å². The lowest BCUT2D eigenvalue weighted by molar-refractivity contribution is 0.521. The van der Waals surface area contributed by atoms with Crippen molar-refractivity contribution in [2.24, 2.45) is 5.84 Å². The van der Waals surface area contributed by atoms with E-state index in [-0.39, 0.29) is 6.04 Å². The highest BCUT2D eigenvalue weighted by molar-refractivity contribution is 7.09. The molecular weight excluding hydrogens is 220 g/mol. The predicted molar refractivity (Wildman–Crippen MR) is 64.9 cm³/mol. The van der Waals surface area contributed by atoms with Gasteiger partial charge in [0, 0.05) is 36.4 Å². The molecule has 84 valence electrons. The highest BCUT2D eigenvalue weighted by Gasteiger charge is 2.10. The highest BCUT2D eigenvalue weighted by Crippen LogP contribution is 2.10. The van der Waals surface area contributed by atoms with Crippen molar-refractivity contribution in [3.8, 4) is 0 Å². The van der Waals surface area contributed by atoms with Crippen LogP contribution < -0.4 is 11.3 Å². The molecule has 1 unspecified atom stereocenters. The number of aromatic nitrogens is 2. The van der Waals surface area contributed by atoms with Crippen LogP contribution in [0.3, 0.4) is 0 Å². The van der Waals surface area contributed by atoms with Crippen LogP contribution in [-0.4, -0.2) is 16.0 Å². The van der Waals surface area contributed by atoms with Gasteiger partial charge in [0.1, 0.15) is 0 Å². The summed E-state index contributed by atoms with van der Waals surface area (Å²) in [7, 11) is 0. The molecule has 0 fully saturated rings. The second-order valence-electron chi connectivity index (χ2n) is 3.56. The van der Waals surface area contributed by atoms with Crippen LogP contribution in [0.5, 0.6) is 0 Å². The molecule has 3 N–H and O–H groups in total. The smallest absolute Gasteiger partial charge is 0.0940 e. The van der Waals surface area contributed by atoms with Gasteiger partial charge in [-0.25, -0.2) is 4.98 Å². The first-order valence-electron chi connectivity index (χ1n) is 5.12. The van der Waals surface area contributed by atoms with Gasteiger partial charge in [-0.05, 0) is 18.1 Å². The third-order valence-corrected chi connectivity index (χ3v) is 3.15. The maximum atomic E-state index is 5.54. The number of hydrazine groups is 1. The molecule has 0 aromatic carbocycles. The fraction of sp³-hybridized carbons (Fsp3) is 0.273. The summed E-state index contributed by atoms with van der Waals surface area (Å²) in [6, 6.07) is 4.20. The van der Waals surface area contributed by atoms with E-state index in [2.05, 4.69) is 21.5 Å². The monoisotopic (exact) mass is 234 g/mol. The Morgan fingerprint density at radius 2 is 2.31 bits per heavy atom. The Morgan fingerprint density at radius 1 is 1.38 bits per heavy atom. The SMILES string of the molecule is NNC(Cc1cccnc1)Cc1nccs1. The Balaban J connectivity index is 1.96. The van der Waals surface area contributed by atoms with Crippen molar-refractivity contribution in [2.45, 2.75) is 18.9 Å². The summed E-state index contributed by atoms with van der Waals surface area (Å²) in [6.07, 6.45) is 7.17. The molecule has 1 atom stereocenters. The molecule has 2 heterocycles. The van der Waals surface area contributed by atoms with Crippen LogP contribution in [0, 0.1) is 0 Å². The molecule has 0 saturated carbocycles.